The summed E-state index contributed by atoms with van der Waals surface area (Å²) in [7, 11) is 1.59. The van der Waals surface area contributed by atoms with Crippen LogP contribution in [-0.2, 0) is 4.74 Å². The van der Waals surface area contributed by atoms with Crippen molar-refractivity contribution in [1.82, 2.24) is 4.98 Å². The number of benzene rings is 1. The van der Waals surface area contributed by atoms with Crippen LogP contribution in [0.3, 0.4) is 0 Å². The summed E-state index contributed by atoms with van der Waals surface area (Å²) < 4.78 is 16.0. The number of pyridine rings is 1. The van der Waals surface area contributed by atoms with E-state index in [-0.39, 0.29) is 6.61 Å². The summed E-state index contributed by atoms with van der Waals surface area (Å²) in [6.07, 6.45) is 1.48. The van der Waals surface area contributed by atoms with Gasteiger partial charge < -0.3 is 14.2 Å². The largest absolute Gasteiger partial charge is 0.494 e. The fourth-order valence-electron chi connectivity index (χ4n) is 2.20. The van der Waals surface area contributed by atoms with Gasteiger partial charge in [-0.3, -0.25) is 4.98 Å². The zero-order valence-electron chi connectivity index (χ0n) is 10.7. The van der Waals surface area contributed by atoms with Gasteiger partial charge in [0, 0.05) is 11.6 Å². The maximum Gasteiger partial charge on any atom is 0.343 e. The van der Waals surface area contributed by atoms with Crippen molar-refractivity contribution in [3.63, 3.8) is 0 Å². The molecule has 2 heterocycles. The summed E-state index contributed by atoms with van der Waals surface area (Å²) >= 11 is 0. The summed E-state index contributed by atoms with van der Waals surface area (Å²) in [4.78, 5) is 16.1. The van der Waals surface area contributed by atoms with Gasteiger partial charge in [-0.05, 0) is 24.6 Å². The van der Waals surface area contributed by atoms with E-state index >= 15 is 0 Å². The molecule has 1 aromatic carbocycles. The Bertz CT molecular complexity index is 666. The maximum absolute atomic E-state index is 11.8. The maximum atomic E-state index is 11.8. The van der Waals surface area contributed by atoms with E-state index in [1.807, 2.05) is 19.1 Å². The minimum Gasteiger partial charge on any atom is -0.494 e. The van der Waals surface area contributed by atoms with Gasteiger partial charge in [0.2, 0.25) is 0 Å². The van der Waals surface area contributed by atoms with E-state index in [4.69, 9.17) is 14.2 Å². The van der Waals surface area contributed by atoms with Crippen molar-refractivity contribution >= 4 is 16.9 Å². The second-order valence-corrected chi connectivity index (χ2v) is 4.35. The van der Waals surface area contributed by atoms with E-state index in [1.165, 1.54) is 6.20 Å². The molecule has 0 unspecified atom stereocenters. The number of aromatic nitrogens is 1. The monoisotopic (exact) mass is 259 g/mol. The van der Waals surface area contributed by atoms with Crippen LogP contribution < -0.4 is 9.47 Å². The van der Waals surface area contributed by atoms with Crippen LogP contribution in [0, 0.1) is 6.92 Å². The van der Waals surface area contributed by atoms with Crippen LogP contribution in [0.4, 0.5) is 0 Å². The summed E-state index contributed by atoms with van der Waals surface area (Å²) in [5.41, 5.74) is 2.06. The Morgan fingerprint density at radius 3 is 2.84 bits per heavy atom. The molecule has 0 radical (unpaired) electrons. The lowest BCUT2D eigenvalue weighted by atomic mass is 10.1. The van der Waals surface area contributed by atoms with Crippen LogP contribution in [0.1, 0.15) is 15.9 Å². The first-order valence-electron chi connectivity index (χ1n) is 5.98. The highest BCUT2D eigenvalue weighted by Crippen LogP contribution is 2.35. The molecule has 5 heteroatoms. The van der Waals surface area contributed by atoms with Crippen molar-refractivity contribution < 1.29 is 19.0 Å². The molecule has 0 N–H and O–H groups in total. The van der Waals surface area contributed by atoms with Gasteiger partial charge in [0.25, 0.3) is 0 Å². The Morgan fingerprint density at radius 2 is 2.05 bits per heavy atom. The zero-order chi connectivity index (χ0) is 13.4. The second kappa shape index (κ2) is 4.42. The van der Waals surface area contributed by atoms with E-state index in [1.54, 1.807) is 7.11 Å². The molecule has 0 fully saturated rings. The number of fused-ring (bicyclic) bond motifs is 3. The van der Waals surface area contributed by atoms with Crippen molar-refractivity contribution in [2.75, 3.05) is 20.3 Å². The van der Waals surface area contributed by atoms with E-state index in [0.717, 1.165) is 10.9 Å². The van der Waals surface area contributed by atoms with Gasteiger partial charge in [-0.15, -0.1) is 0 Å². The summed E-state index contributed by atoms with van der Waals surface area (Å²) in [5, 5.41) is 0.771. The number of carbonyl (C=O) groups is 1. The third-order valence-electron chi connectivity index (χ3n) is 3.03. The van der Waals surface area contributed by atoms with Gasteiger partial charge in [-0.25, -0.2) is 4.79 Å². The first-order chi connectivity index (χ1) is 9.20. The van der Waals surface area contributed by atoms with Crippen LogP contribution in [0.25, 0.3) is 10.9 Å². The highest BCUT2D eigenvalue weighted by molar-refractivity contribution is 6.01. The van der Waals surface area contributed by atoms with Crippen LogP contribution in [-0.4, -0.2) is 31.3 Å². The molecule has 0 amide bonds. The lowest BCUT2D eigenvalue weighted by molar-refractivity contribution is 0.0492. The van der Waals surface area contributed by atoms with Crippen molar-refractivity contribution in [2.24, 2.45) is 0 Å². The number of nitrogens with zero attached hydrogens (tertiary/aromatic N) is 1. The topological polar surface area (TPSA) is 57.7 Å². The Balaban J connectivity index is 2.35. The molecule has 2 aromatic rings. The van der Waals surface area contributed by atoms with Crippen molar-refractivity contribution in [2.45, 2.75) is 6.92 Å². The number of hydrogen-bond donors (Lipinski definition) is 0. The summed E-state index contributed by atoms with van der Waals surface area (Å²) in [6.45, 7) is 2.54. The van der Waals surface area contributed by atoms with E-state index in [9.17, 15) is 4.79 Å². The van der Waals surface area contributed by atoms with Crippen molar-refractivity contribution in [3.8, 4) is 11.5 Å². The molecule has 0 atom stereocenters. The molecule has 1 aliphatic rings. The van der Waals surface area contributed by atoms with E-state index < -0.39 is 5.97 Å². The highest BCUT2D eigenvalue weighted by atomic mass is 16.6. The van der Waals surface area contributed by atoms with Gasteiger partial charge in [-0.1, -0.05) is 0 Å². The van der Waals surface area contributed by atoms with Crippen LogP contribution in [0.5, 0.6) is 11.5 Å². The molecular formula is C14H13NO4. The van der Waals surface area contributed by atoms with E-state index in [2.05, 4.69) is 4.98 Å². The fourth-order valence-corrected chi connectivity index (χ4v) is 2.20. The fraction of sp³-hybridized carbons (Fsp3) is 0.286. The standard InChI is InChI=1S/C14H13NO4/c1-8-5-9-12(11(6-8)17-2)15-7-10-13(9)18-3-4-19-14(10)16/h5-7H,3-4H2,1-2H3. The van der Waals surface area contributed by atoms with Crippen molar-refractivity contribution in [3.05, 3.63) is 29.5 Å². The first kappa shape index (κ1) is 11.8. The molecule has 1 aromatic heterocycles. The number of rotatable bonds is 1. The van der Waals surface area contributed by atoms with Crippen LogP contribution in [0.15, 0.2) is 18.3 Å². The number of hydrogen-bond acceptors (Lipinski definition) is 5. The minimum atomic E-state index is -0.401. The molecule has 3 rings (SSSR count). The molecule has 98 valence electrons. The molecule has 5 nitrogen and oxygen atoms in total. The lowest BCUT2D eigenvalue weighted by Gasteiger charge is -2.11. The van der Waals surface area contributed by atoms with Crippen LogP contribution >= 0.6 is 0 Å². The predicted molar refractivity (Wildman–Crippen MR) is 68.8 cm³/mol. The van der Waals surface area contributed by atoms with Gasteiger partial charge in [0.05, 0.1) is 7.11 Å². The number of methoxy groups -OCH3 is 1. The molecule has 19 heavy (non-hydrogen) atoms. The highest BCUT2D eigenvalue weighted by Gasteiger charge is 2.22. The number of esters is 1. The molecule has 0 saturated carbocycles. The average Bonchev–Trinajstić information content (AvgIpc) is 2.60. The number of carbonyl (C=O) groups excluding carboxylic acids is 1. The van der Waals surface area contributed by atoms with Crippen molar-refractivity contribution in [1.29, 1.82) is 0 Å². The smallest absolute Gasteiger partial charge is 0.343 e. The third kappa shape index (κ3) is 1.87. The molecular weight excluding hydrogens is 246 g/mol. The summed E-state index contributed by atoms with van der Waals surface area (Å²) in [5.74, 6) is 0.788. The van der Waals surface area contributed by atoms with Gasteiger partial charge in [0.1, 0.15) is 35.8 Å². The lowest BCUT2D eigenvalue weighted by Crippen LogP contribution is -2.05. The molecule has 0 spiro atoms. The molecule has 0 bridgehead atoms. The average molecular weight is 259 g/mol. The normalized spacial score (nSPS) is 14.3. The number of ether oxygens (including phenoxy) is 3. The quantitative estimate of drug-likeness (QED) is 0.734. The van der Waals surface area contributed by atoms with Gasteiger partial charge in [-0.2, -0.15) is 0 Å². The Hall–Kier alpha value is -2.30. The Kier molecular flexibility index (Phi) is 2.74. The second-order valence-electron chi connectivity index (χ2n) is 4.35. The van der Waals surface area contributed by atoms with Gasteiger partial charge in [0.15, 0.2) is 0 Å². The Morgan fingerprint density at radius 1 is 1.26 bits per heavy atom. The SMILES string of the molecule is COc1cc(C)cc2c3c(cnc12)C(=O)OCCO3. The minimum absolute atomic E-state index is 0.248. The van der Waals surface area contributed by atoms with E-state index in [0.29, 0.717) is 29.2 Å². The Labute approximate surface area is 110 Å². The van der Waals surface area contributed by atoms with Gasteiger partial charge >= 0.3 is 5.97 Å². The predicted octanol–water partition coefficient (Wildman–Crippen LogP) is 2.10. The molecule has 0 saturated heterocycles. The first-order valence-corrected chi connectivity index (χ1v) is 5.98. The number of aryl methyl sites for hydroxylation is 1. The number of cyclic esters (lactones) is 1. The third-order valence-corrected chi connectivity index (χ3v) is 3.03. The zero-order valence-corrected chi connectivity index (χ0v) is 10.7. The molecule has 0 aliphatic carbocycles. The molecule has 1 aliphatic heterocycles. The van der Waals surface area contributed by atoms with Crippen LogP contribution in [0.2, 0.25) is 0 Å². The summed E-state index contributed by atoms with van der Waals surface area (Å²) in [6, 6.07) is 3.83.